The monoisotopic (exact) mass is 462 g/mol. The predicted molar refractivity (Wildman–Crippen MR) is 115 cm³/mol. The number of hydrogen-bond acceptors (Lipinski definition) is 9. The van der Waals surface area contributed by atoms with Crippen LogP contribution in [0.1, 0.15) is 0 Å². The zero-order valence-electron chi connectivity index (χ0n) is 17.9. The first-order valence-electron chi connectivity index (χ1n) is 10.2. The smallest absolute Gasteiger partial charge is 0.297 e. The van der Waals surface area contributed by atoms with Crippen LogP contribution in [0, 0.1) is 0 Å². The van der Waals surface area contributed by atoms with E-state index in [2.05, 4.69) is 6.58 Å². The number of hydrogen-bond donors (Lipinski definition) is 0. The molecule has 31 heavy (non-hydrogen) atoms. The summed E-state index contributed by atoms with van der Waals surface area (Å²) in [5.41, 5.74) is 0. The summed E-state index contributed by atoms with van der Waals surface area (Å²) in [5, 5.41) is 0. The molecule has 9 nitrogen and oxygen atoms in total. The molecule has 0 radical (unpaired) electrons. The fourth-order valence-corrected chi connectivity index (χ4v) is 3.04. The van der Waals surface area contributed by atoms with Crippen LogP contribution in [0.3, 0.4) is 0 Å². The van der Waals surface area contributed by atoms with Crippen LogP contribution in [0.5, 0.6) is 0 Å². The molecule has 0 fully saturated rings. The van der Waals surface area contributed by atoms with E-state index in [-0.39, 0.29) is 18.1 Å². The maximum Gasteiger partial charge on any atom is 0.297 e. The van der Waals surface area contributed by atoms with Crippen LogP contribution < -0.4 is 0 Å². The average molecular weight is 463 g/mol. The summed E-state index contributed by atoms with van der Waals surface area (Å²) >= 11 is 0. The minimum absolute atomic E-state index is 0.0472. The molecule has 0 aliphatic heterocycles. The third-order valence-corrected chi connectivity index (χ3v) is 4.92. The van der Waals surface area contributed by atoms with E-state index in [1.807, 2.05) is 0 Å². The molecular formula is C21H34O9S. The van der Waals surface area contributed by atoms with Gasteiger partial charge in [-0.15, -0.1) is 6.58 Å². The Hall–Kier alpha value is -1.37. The van der Waals surface area contributed by atoms with E-state index < -0.39 is 10.1 Å². The topological polar surface area (TPSA) is 98.8 Å². The summed E-state index contributed by atoms with van der Waals surface area (Å²) in [7, 11) is -3.74. The molecule has 1 rings (SSSR count). The Morgan fingerprint density at radius 1 is 0.613 bits per heavy atom. The molecule has 10 heteroatoms. The molecule has 1 aromatic carbocycles. The molecule has 0 aromatic heterocycles. The lowest BCUT2D eigenvalue weighted by atomic mass is 10.4. The number of benzene rings is 1. The van der Waals surface area contributed by atoms with Crippen LogP contribution in [0.15, 0.2) is 47.9 Å². The molecule has 0 saturated carbocycles. The SMILES string of the molecule is C=CCOCCOCCOCCOCCOCCOCCOS(=O)(=O)c1ccccc1. The third kappa shape index (κ3) is 16.0. The van der Waals surface area contributed by atoms with Crippen LogP contribution in [-0.4, -0.2) is 94.3 Å². The van der Waals surface area contributed by atoms with Gasteiger partial charge in [0, 0.05) is 0 Å². The minimum Gasteiger partial charge on any atom is -0.377 e. The fourth-order valence-electron chi connectivity index (χ4n) is 2.12. The molecule has 0 unspecified atom stereocenters. The van der Waals surface area contributed by atoms with E-state index in [1.165, 1.54) is 12.1 Å². The minimum atomic E-state index is -3.74. The van der Waals surface area contributed by atoms with Gasteiger partial charge >= 0.3 is 0 Å². The Kier molecular flexibility index (Phi) is 17.2. The number of ether oxygens (including phenoxy) is 6. The molecule has 0 heterocycles. The Bertz CT molecular complexity index is 638. The van der Waals surface area contributed by atoms with Gasteiger partial charge in [0.05, 0.1) is 90.8 Å². The first-order valence-corrected chi connectivity index (χ1v) is 11.6. The lowest BCUT2D eigenvalue weighted by Crippen LogP contribution is -2.15. The highest BCUT2D eigenvalue weighted by atomic mass is 32.2. The van der Waals surface area contributed by atoms with Crippen LogP contribution in [0.25, 0.3) is 0 Å². The lowest BCUT2D eigenvalue weighted by molar-refractivity contribution is -0.0167. The van der Waals surface area contributed by atoms with E-state index >= 15 is 0 Å². The normalized spacial score (nSPS) is 11.6. The maximum atomic E-state index is 11.9. The van der Waals surface area contributed by atoms with Crippen molar-refractivity contribution in [3.63, 3.8) is 0 Å². The van der Waals surface area contributed by atoms with Crippen LogP contribution in [0.4, 0.5) is 0 Å². The van der Waals surface area contributed by atoms with Crippen molar-refractivity contribution in [3.05, 3.63) is 43.0 Å². The third-order valence-electron chi connectivity index (χ3n) is 3.59. The average Bonchev–Trinajstić information content (AvgIpc) is 2.78. The van der Waals surface area contributed by atoms with Gasteiger partial charge in [-0.1, -0.05) is 24.3 Å². The first kappa shape index (κ1) is 27.7. The molecule has 1 aromatic rings. The second kappa shape index (κ2) is 19.3. The van der Waals surface area contributed by atoms with Crippen LogP contribution in [-0.2, 0) is 42.7 Å². The van der Waals surface area contributed by atoms with Crippen molar-refractivity contribution in [2.75, 3.05) is 85.9 Å². The molecule has 0 bridgehead atoms. The zero-order valence-corrected chi connectivity index (χ0v) is 18.8. The zero-order chi connectivity index (χ0) is 22.5. The standard InChI is InChI=1S/C21H34O9S/c1-2-8-24-9-10-25-11-12-26-13-14-27-15-16-28-17-18-29-19-20-30-31(22,23)21-6-4-3-5-7-21/h2-7H,1,8-20H2. The van der Waals surface area contributed by atoms with E-state index in [0.29, 0.717) is 72.7 Å². The quantitative estimate of drug-likeness (QED) is 0.145. The maximum absolute atomic E-state index is 11.9. The Balaban J connectivity index is 1.78. The summed E-state index contributed by atoms with van der Waals surface area (Å²) in [4.78, 5) is 0.127. The Morgan fingerprint density at radius 2 is 1.00 bits per heavy atom. The molecule has 0 aliphatic rings. The predicted octanol–water partition coefficient (Wildman–Crippen LogP) is 1.68. The van der Waals surface area contributed by atoms with Crippen molar-refractivity contribution >= 4 is 10.1 Å². The molecule has 0 N–H and O–H groups in total. The second-order valence-corrected chi connectivity index (χ2v) is 7.63. The Labute approximate surface area is 185 Å². The highest BCUT2D eigenvalue weighted by molar-refractivity contribution is 7.86. The van der Waals surface area contributed by atoms with Gasteiger partial charge < -0.3 is 28.4 Å². The largest absolute Gasteiger partial charge is 0.377 e. The lowest BCUT2D eigenvalue weighted by Gasteiger charge is -2.08. The van der Waals surface area contributed by atoms with Crippen LogP contribution in [0.2, 0.25) is 0 Å². The highest BCUT2D eigenvalue weighted by Crippen LogP contribution is 2.10. The van der Waals surface area contributed by atoms with Gasteiger partial charge in [-0.2, -0.15) is 8.42 Å². The summed E-state index contributed by atoms with van der Waals surface area (Å²) in [6.07, 6.45) is 1.70. The van der Waals surface area contributed by atoms with Crippen molar-refractivity contribution in [2.45, 2.75) is 4.90 Å². The second-order valence-electron chi connectivity index (χ2n) is 6.01. The fraction of sp³-hybridized carbons (Fsp3) is 0.619. The van der Waals surface area contributed by atoms with E-state index in [4.69, 9.17) is 32.6 Å². The van der Waals surface area contributed by atoms with Gasteiger partial charge in [-0.3, -0.25) is 4.18 Å². The van der Waals surface area contributed by atoms with Gasteiger partial charge in [0.2, 0.25) is 0 Å². The molecule has 0 aliphatic carbocycles. The summed E-state index contributed by atoms with van der Waals surface area (Å²) in [6.45, 7) is 8.92. The van der Waals surface area contributed by atoms with Gasteiger partial charge in [0.25, 0.3) is 10.1 Å². The molecule has 178 valence electrons. The molecule has 0 saturated heterocycles. The van der Waals surface area contributed by atoms with Gasteiger partial charge in [0.15, 0.2) is 0 Å². The Morgan fingerprint density at radius 3 is 1.42 bits per heavy atom. The van der Waals surface area contributed by atoms with Crippen molar-refractivity contribution in [1.29, 1.82) is 0 Å². The molecule has 0 spiro atoms. The van der Waals surface area contributed by atoms with Gasteiger partial charge in [0.1, 0.15) is 0 Å². The van der Waals surface area contributed by atoms with E-state index in [9.17, 15) is 8.42 Å². The van der Waals surface area contributed by atoms with Gasteiger partial charge in [-0.05, 0) is 12.1 Å². The first-order chi connectivity index (χ1) is 15.2. The molecule has 0 amide bonds. The van der Waals surface area contributed by atoms with E-state index in [0.717, 1.165) is 0 Å². The number of rotatable bonds is 22. The highest BCUT2D eigenvalue weighted by Gasteiger charge is 2.13. The summed E-state index contributed by atoms with van der Waals surface area (Å²) in [6, 6.07) is 7.98. The van der Waals surface area contributed by atoms with E-state index in [1.54, 1.807) is 24.3 Å². The van der Waals surface area contributed by atoms with Crippen molar-refractivity contribution in [2.24, 2.45) is 0 Å². The van der Waals surface area contributed by atoms with Crippen molar-refractivity contribution < 1.29 is 41.0 Å². The van der Waals surface area contributed by atoms with Crippen LogP contribution >= 0.6 is 0 Å². The van der Waals surface area contributed by atoms with Crippen molar-refractivity contribution in [1.82, 2.24) is 0 Å². The van der Waals surface area contributed by atoms with Gasteiger partial charge in [-0.25, -0.2) is 0 Å². The summed E-state index contributed by atoms with van der Waals surface area (Å²) < 4.78 is 60.6. The summed E-state index contributed by atoms with van der Waals surface area (Å²) in [5.74, 6) is 0. The van der Waals surface area contributed by atoms with Crippen molar-refractivity contribution in [3.8, 4) is 0 Å². The molecular weight excluding hydrogens is 428 g/mol. The molecule has 0 atom stereocenters.